The summed E-state index contributed by atoms with van der Waals surface area (Å²) in [5.41, 5.74) is 0. The number of hydrogen-bond acceptors (Lipinski definition) is 6. The van der Waals surface area contributed by atoms with E-state index in [0.717, 1.165) is 109 Å². The number of carbonyl (C=O) groups is 2. The third-order valence-electron chi connectivity index (χ3n) is 9.20. The van der Waals surface area contributed by atoms with E-state index in [4.69, 9.17) is 9.47 Å². The Morgan fingerprint density at radius 1 is 0.583 bits per heavy atom. The van der Waals surface area contributed by atoms with E-state index >= 15 is 0 Å². The zero-order valence-electron chi connectivity index (χ0n) is 32.2. The van der Waals surface area contributed by atoms with E-state index in [1.807, 2.05) is 6.92 Å². The number of nitrogens with zero attached hydrogens (tertiary/aromatic N) is 1. The van der Waals surface area contributed by atoms with Crippen LogP contribution in [0.2, 0.25) is 0 Å². The van der Waals surface area contributed by atoms with Gasteiger partial charge in [-0.05, 0) is 90.4 Å². The Morgan fingerprint density at radius 2 is 1.06 bits per heavy atom. The zero-order chi connectivity index (χ0) is 35.3. The highest BCUT2D eigenvalue weighted by molar-refractivity contribution is 5.69. The monoisotopic (exact) mass is 678 g/mol. The minimum atomic E-state index is -0.0875. The molecular weight excluding hydrogens is 598 g/mol. The smallest absolute Gasteiger partial charge is 0.306 e. The van der Waals surface area contributed by atoms with Crippen molar-refractivity contribution in [1.82, 2.24) is 4.90 Å². The Hall–Kier alpha value is -1.98. The van der Waals surface area contributed by atoms with Gasteiger partial charge in [0, 0.05) is 32.1 Å². The molecule has 1 atom stereocenters. The third-order valence-corrected chi connectivity index (χ3v) is 9.20. The van der Waals surface area contributed by atoms with Gasteiger partial charge >= 0.3 is 11.9 Å². The lowest BCUT2D eigenvalue weighted by Gasteiger charge is -2.20. The Balaban J connectivity index is 4.12. The van der Waals surface area contributed by atoms with Gasteiger partial charge in [0.05, 0.1) is 12.4 Å². The van der Waals surface area contributed by atoms with Crippen molar-refractivity contribution in [2.45, 2.75) is 220 Å². The van der Waals surface area contributed by atoms with Crippen LogP contribution < -0.4 is 0 Å². The van der Waals surface area contributed by atoms with Crippen molar-refractivity contribution < 1.29 is 24.2 Å². The molecule has 1 unspecified atom stereocenters. The average Bonchev–Trinajstić information content (AvgIpc) is 3.06. The van der Waals surface area contributed by atoms with Gasteiger partial charge in [-0.2, -0.15) is 0 Å². The summed E-state index contributed by atoms with van der Waals surface area (Å²) in [6.07, 6.45) is 37.8. The normalized spacial score (nSPS) is 12.4. The molecular formula is C42H79NO5. The topological polar surface area (TPSA) is 76.1 Å². The zero-order valence-corrected chi connectivity index (χ0v) is 32.2. The highest BCUT2D eigenvalue weighted by Gasteiger charge is 2.14. The van der Waals surface area contributed by atoms with Crippen LogP contribution >= 0.6 is 0 Å². The highest BCUT2D eigenvalue weighted by Crippen LogP contribution is 2.18. The summed E-state index contributed by atoms with van der Waals surface area (Å²) in [4.78, 5) is 27.0. The number of esters is 2. The fourth-order valence-electron chi connectivity index (χ4n) is 6.19. The van der Waals surface area contributed by atoms with Gasteiger partial charge in [0.25, 0.3) is 0 Å². The number of unbranched alkanes of at least 4 members (excludes halogenated alkanes) is 17. The van der Waals surface area contributed by atoms with Crippen LogP contribution in [0.1, 0.15) is 207 Å². The van der Waals surface area contributed by atoms with Gasteiger partial charge in [0.1, 0.15) is 6.10 Å². The first kappa shape index (κ1) is 46.0. The molecule has 6 nitrogen and oxygen atoms in total. The minimum absolute atomic E-state index is 0.00907. The summed E-state index contributed by atoms with van der Waals surface area (Å²) in [5, 5.41) is 9.35. The predicted molar refractivity (Wildman–Crippen MR) is 204 cm³/mol. The second-order valence-corrected chi connectivity index (χ2v) is 14.0. The maximum absolute atomic E-state index is 12.7. The second-order valence-electron chi connectivity index (χ2n) is 14.0. The molecule has 282 valence electrons. The van der Waals surface area contributed by atoms with Crippen molar-refractivity contribution in [3.63, 3.8) is 0 Å². The fourth-order valence-corrected chi connectivity index (χ4v) is 6.19. The van der Waals surface area contributed by atoms with Crippen LogP contribution in [-0.4, -0.2) is 47.2 Å². The van der Waals surface area contributed by atoms with E-state index in [0.29, 0.717) is 12.8 Å². The number of aliphatic hydroxyl groups excluding tert-OH is 1. The predicted octanol–water partition coefficient (Wildman–Crippen LogP) is 12.7. The average molecular weight is 678 g/mol. The van der Waals surface area contributed by atoms with Gasteiger partial charge in [-0.3, -0.25) is 9.59 Å². The van der Waals surface area contributed by atoms with E-state index < -0.39 is 0 Å². The largest absolute Gasteiger partial charge is 0.514 e. The number of rotatable bonds is 36. The molecule has 0 amide bonds. The van der Waals surface area contributed by atoms with Crippen molar-refractivity contribution in [3.05, 3.63) is 24.6 Å². The lowest BCUT2D eigenvalue weighted by atomic mass is 10.0. The summed E-state index contributed by atoms with van der Waals surface area (Å²) in [6.45, 7) is 10.4. The standard InChI is InChI=1S/C42H79NO5/c1-5-8-11-14-17-23-30-39(4)47-41(45)33-27-22-29-36-43(37-38-44)35-28-21-20-26-34-42(46)48-40(31-24-18-15-12-9-6-2)32-25-19-16-13-10-7-3/h8,11,37-40,44H,5-7,9-10,12-36H2,1-4H3/b11-8+,38-37+. The van der Waals surface area contributed by atoms with Crippen molar-refractivity contribution in [2.75, 3.05) is 13.1 Å². The molecule has 6 heteroatoms. The molecule has 0 aromatic rings. The second kappa shape index (κ2) is 36.3. The maximum atomic E-state index is 12.7. The van der Waals surface area contributed by atoms with Gasteiger partial charge < -0.3 is 19.5 Å². The quantitative estimate of drug-likeness (QED) is 0.0308. The third kappa shape index (κ3) is 32.6. The number of carbonyl (C=O) groups excluding carboxylic acids is 2. The molecule has 0 spiro atoms. The van der Waals surface area contributed by atoms with E-state index in [1.54, 1.807) is 6.20 Å². The van der Waals surface area contributed by atoms with Gasteiger partial charge in [-0.25, -0.2) is 0 Å². The summed E-state index contributed by atoms with van der Waals surface area (Å²) < 4.78 is 11.6. The molecule has 0 heterocycles. The molecule has 0 saturated heterocycles. The molecule has 0 aliphatic carbocycles. The fraction of sp³-hybridized carbons (Fsp3) is 0.857. The minimum Gasteiger partial charge on any atom is -0.514 e. The molecule has 0 bridgehead atoms. The first-order valence-electron chi connectivity index (χ1n) is 20.6. The van der Waals surface area contributed by atoms with E-state index in [-0.39, 0.29) is 24.1 Å². The Morgan fingerprint density at radius 3 is 1.62 bits per heavy atom. The summed E-state index contributed by atoms with van der Waals surface area (Å²) >= 11 is 0. The first-order valence-corrected chi connectivity index (χ1v) is 20.6. The van der Waals surface area contributed by atoms with Gasteiger partial charge in [0.15, 0.2) is 0 Å². The molecule has 0 aromatic carbocycles. The van der Waals surface area contributed by atoms with E-state index in [2.05, 4.69) is 37.8 Å². The molecule has 48 heavy (non-hydrogen) atoms. The molecule has 0 aliphatic rings. The van der Waals surface area contributed by atoms with Crippen LogP contribution in [0, 0.1) is 0 Å². The van der Waals surface area contributed by atoms with Gasteiger partial charge in [-0.1, -0.05) is 116 Å². The molecule has 0 rings (SSSR count). The van der Waals surface area contributed by atoms with Crippen LogP contribution in [0.5, 0.6) is 0 Å². The van der Waals surface area contributed by atoms with Crippen LogP contribution in [0.15, 0.2) is 24.6 Å². The summed E-state index contributed by atoms with van der Waals surface area (Å²) in [7, 11) is 0. The van der Waals surface area contributed by atoms with Crippen LogP contribution in [-0.2, 0) is 19.1 Å². The van der Waals surface area contributed by atoms with Gasteiger partial charge in [0.2, 0.25) is 0 Å². The Kier molecular flexibility index (Phi) is 34.8. The Labute approximate surface area is 297 Å². The van der Waals surface area contributed by atoms with Crippen LogP contribution in [0.3, 0.4) is 0 Å². The van der Waals surface area contributed by atoms with Crippen molar-refractivity contribution in [2.24, 2.45) is 0 Å². The lowest BCUT2D eigenvalue weighted by molar-refractivity contribution is -0.150. The highest BCUT2D eigenvalue weighted by atomic mass is 16.5. The molecule has 0 aromatic heterocycles. The van der Waals surface area contributed by atoms with Crippen LogP contribution in [0.4, 0.5) is 0 Å². The molecule has 0 saturated carbocycles. The molecule has 0 fully saturated rings. The summed E-state index contributed by atoms with van der Waals surface area (Å²) in [5.74, 6) is -0.105. The first-order chi connectivity index (χ1) is 23.5. The number of aliphatic hydroxyl groups is 1. The Bertz CT molecular complexity index is 751. The molecule has 0 radical (unpaired) electrons. The van der Waals surface area contributed by atoms with E-state index in [1.165, 1.54) is 77.0 Å². The van der Waals surface area contributed by atoms with Crippen LogP contribution in [0.25, 0.3) is 0 Å². The molecule has 0 aliphatic heterocycles. The SMILES string of the molecule is CC/C=C/CCCCC(C)OC(=O)CCCCCN(/C=C/O)CCCCCCC(=O)OC(CCCCCCCC)CCCCCCCC. The van der Waals surface area contributed by atoms with E-state index in [9.17, 15) is 14.7 Å². The van der Waals surface area contributed by atoms with Crippen molar-refractivity contribution in [1.29, 1.82) is 0 Å². The number of hydrogen-bond donors (Lipinski definition) is 1. The summed E-state index contributed by atoms with van der Waals surface area (Å²) in [6, 6.07) is 0. The van der Waals surface area contributed by atoms with Crippen molar-refractivity contribution >= 4 is 11.9 Å². The van der Waals surface area contributed by atoms with Gasteiger partial charge in [-0.15, -0.1) is 0 Å². The van der Waals surface area contributed by atoms with Crippen molar-refractivity contribution in [3.8, 4) is 0 Å². The maximum Gasteiger partial charge on any atom is 0.306 e. The lowest BCUT2D eigenvalue weighted by Crippen LogP contribution is -2.20. The number of allylic oxidation sites excluding steroid dienone is 2. The number of ether oxygens (including phenoxy) is 2. The molecule has 1 N–H and O–H groups in total.